The number of benzene rings is 2. The van der Waals surface area contributed by atoms with E-state index in [2.05, 4.69) is 48.7 Å². The van der Waals surface area contributed by atoms with Crippen molar-refractivity contribution in [1.29, 1.82) is 0 Å². The molecule has 0 radical (unpaired) electrons. The summed E-state index contributed by atoms with van der Waals surface area (Å²) in [5, 5.41) is 20.4. The smallest absolute Gasteiger partial charge is 0.225 e. The molecule has 0 spiro atoms. The van der Waals surface area contributed by atoms with Crippen LogP contribution in [0.4, 0.5) is 11.6 Å². The maximum atomic E-state index is 13.1. The fraction of sp³-hybridized carbons (Fsp3) is 0.533. The predicted molar refractivity (Wildman–Crippen MR) is 154 cm³/mol. The third-order valence-electron chi connectivity index (χ3n) is 8.42. The third kappa shape index (κ3) is 5.12. The number of amides is 2. The lowest BCUT2D eigenvalue weighted by Crippen LogP contribution is -2.53. The fourth-order valence-electron chi connectivity index (χ4n) is 6.37. The molecule has 2 fully saturated rings. The zero-order valence-electron chi connectivity index (χ0n) is 23.0. The molecule has 202 valence electrons. The van der Waals surface area contributed by atoms with E-state index in [-0.39, 0.29) is 36.0 Å². The van der Waals surface area contributed by atoms with Crippen molar-refractivity contribution in [2.45, 2.75) is 90.4 Å². The molecule has 2 saturated heterocycles. The number of hydrogen-bond donors (Lipinski definition) is 2. The Morgan fingerprint density at radius 3 is 1.53 bits per heavy atom. The van der Waals surface area contributed by atoms with E-state index in [9.17, 15) is 9.59 Å². The summed E-state index contributed by atoms with van der Waals surface area (Å²) in [5.74, 6) is 0.969. The summed E-state index contributed by atoms with van der Waals surface area (Å²) >= 11 is 0. The highest BCUT2D eigenvalue weighted by Gasteiger charge is 2.33. The van der Waals surface area contributed by atoms with E-state index in [1.54, 1.807) is 23.6 Å². The van der Waals surface area contributed by atoms with Crippen LogP contribution in [0.15, 0.2) is 36.4 Å². The van der Waals surface area contributed by atoms with Crippen LogP contribution < -0.4 is 20.4 Å². The van der Waals surface area contributed by atoms with Gasteiger partial charge in [-0.2, -0.15) is 0 Å². The number of fused-ring (bicyclic) bond motifs is 2. The lowest BCUT2D eigenvalue weighted by atomic mass is 9.96. The van der Waals surface area contributed by atoms with Crippen LogP contribution in [0.5, 0.6) is 0 Å². The third-order valence-corrected chi connectivity index (χ3v) is 8.42. The number of piperidine rings is 2. The molecule has 4 atom stereocenters. The average molecular weight is 517 g/mol. The Bertz CT molecular complexity index is 1210. The van der Waals surface area contributed by atoms with E-state index in [4.69, 9.17) is 10.2 Å². The Kier molecular flexibility index (Phi) is 7.91. The van der Waals surface area contributed by atoms with E-state index in [0.717, 1.165) is 73.2 Å². The number of anilines is 2. The van der Waals surface area contributed by atoms with Gasteiger partial charge in [-0.15, -0.1) is 10.2 Å². The first-order chi connectivity index (χ1) is 18.4. The zero-order chi connectivity index (χ0) is 26.8. The minimum absolute atomic E-state index is 0.0652. The van der Waals surface area contributed by atoms with E-state index in [1.165, 1.54) is 0 Å². The van der Waals surface area contributed by atoms with Crippen molar-refractivity contribution in [2.24, 2.45) is 0 Å². The molecule has 0 aliphatic carbocycles. The molecular weight excluding hydrogens is 476 g/mol. The van der Waals surface area contributed by atoms with E-state index < -0.39 is 0 Å². The van der Waals surface area contributed by atoms with Crippen LogP contribution in [0.2, 0.25) is 0 Å². The molecule has 0 bridgehead atoms. The van der Waals surface area contributed by atoms with Crippen molar-refractivity contribution >= 4 is 45.0 Å². The Hall–Kier alpha value is -3.10. The summed E-state index contributed by atoms with van der Waals surface area (Å²) in [6.07, 6.45) is 6.63. The van der Waals surface area contributed by atoms with Crippen molar-refractivity contribution in [3.05, 3.63) is 36.4 Å². The predicted octanol–water partition coefficient (Wildman–Crippen LogP) is 4.55. The van der Waals surface area contributed by atoms with Crippen LogP contribution in [0.1, 0.15) is 66.2 Å². The quantitative estimate of drug-likeness (QED) is 0.467. The Morgan fingerprint density at radius 2 is 1.18 bits per heavy atom. The summed E-state index contributed by atoms with van der Waals surface area (Å²) in [7, 11) is 0. The molecule has 8 nitrogen and oxygen atoms in total. The maximum absolute atomic E-state index is 13.1. The van der Waals surface area contributed by atoms with E-state index in [1.807, 2.05) is 12.1 Å². The molecule has 3 aromatic rings. The number of nitrogens with zero attached hydrogens (tertiary/aromatic N) is 4. The lowest BCUT2D eigenvalue weighted by Gasteiger charge is -2.38. The number of hydrogen-bond acceptors (Lipinski definition) is 6. The highest BCUT2D eigenvalue weighted by Crippen LogP contribution is 2.36. The van der Waals surface area contributed by atoms with Gasteiger partial charge in [-0.05, 0) is 75.5 Å². The first-order valence-corrected chi connectivity index (χ1v) is 14.1. The first-order valence-electron chi connectivity index (χ1n) is 14.1. The van der Waals surface area contributed by atoms with Crippen molar-refractivity contribution in [1.82, 2.24) is 20.8 Å². The van der Waals surface area contributed by atoms with Crippen LogP contribution in [-0.4, -0.2) is 59.3 Å². The molecule has 2 N–H and O–H groups in total. The number of carbonyl (C=O) groups excluding carboxylic acids is 2. The summed E-state index contributed by atoms with van der Waals surface area (Å²) in [6.45, 7) is 9.28. The second-order valence-electron chi connectivity index (χ2n) is 11.0. The largest absolute Gasteiger partial charge is 0.312 e. The normalized spacial score (nSPS) is 21.7. The number of aromatic nitrogens is 2. The van der Waals surface area contributed by atoms with Crippen molar-refractivity contribution in [3.8, 4) is 0 Å². The molecule has 8 heteroatoms. The zero-order valence-corrected chi connectivity index (χ0v) is 23.0. The molecular formula is C30H40N6O2. The standard InChI is InChI=1S/C30H40N6O2/c1-19(27-13-7-9-15-31-27)35(21(3)37)29-25-17-23-11-5-6-12-24(23)18-26(25)30(34-33-29)36(22(4)38)20(2)28-14-8-10-16-32-28/h5-6,11-12,17-20,27-28,31-32H,7-10,13-16H2,1-4H3. The average Bonchev–Trinajstić information content (AvgIpc) is 2.93. The van der Waals surface area contributed by atoms with Crippen LogP contribution >= 0.6 is 0 Å². The summed E-state index contributed by atoms with van der Waals surface area (Å²) in [4.78, 5) is 29.9. The van der Waals surface area contributed by atoms with Crippen LogP contribution in [0.3, 0.4) is 0 Å². The monoisotopic (exact) mass is 516 g/mol. The Balaban J connectivity index is 1.68. The maximum Gasteiger partial charge on any atom is 0.225 e. The van der Waals surface area contributed by atoms with Gasteiger partial charge in [0, 0.05) is 36.7 Å². The van der Waals surface area contributed by atoms with Crippen molar-refractivity contribution < 1.29 is 9.59 Å². The molecule has 2 aliphatic heterocycles. The second kappa shape index (κ2) is 11.3. The summed E-state index contributed by atoms with van der Waals surface area (Å²) in [5.41, 5.74) is 0. The topological polar surface area (TPSA) is 90.5 Å². The molecule has 1 aromatic heterocycles. The molecule has 3 heterocycles. The number of rotatable bonds is 6. The van der Waals surface area contributed by atoms with Gasteiger partial charge >= 0.3 is 0 Å². The van der Waals surface area contributed by atoms with Gasteiger partial charge in [0.05, 0.1) is 12.1 Å². The van der Waals surface area contributed by atoms with E-state index >= 15 is 0 Å². The van der Waals surface area contributed by atoms with E-state index in [0.29, 0.717) is 11.6 Å². The molecule has 2 aromatic carbocycles. The highest BCUT2D eigenvalue weighted by atomic mass is 16.2. The van der Waals surface area contributed by atoms with Gasteiger partial charge in [-0.1, -0.05) is 37.1 Å². The van der Waals surface area contributed by atoms with Gasteiger partial charge in [0.1, 0.15) is 0 Å². The summed E-state index contributed by atoms with van der Waals surface area (Å²) < 4.78 is 0. The SMILES string of the molecule is CC(=O)N(c1nnc(N(C(C)=O)C(C)C2CCCCN2)c2cc3ccccc3cc12)C(C)C1CCCCN1. The molecule has 5 rings (SSSR count). The van der Waals surface area contributed by atoms with Gasteiger partial charge in [-0.3, -0.25) is 19.4 Å². The number of nitrogens with one attached hydrogen (secondary N) is 2. The van der Waals surface area contributed by atoms with Gasteiger partial charge in [0.25, 0.3) is 0 Å². The van der Waals surface area contributed by atoms with Crippen LogP contribution in [0, 0.1) is 0 Å². The second-order valence-corrected chi connectivity index (χ2v) is 11.0. The minimum Gasteiger partial charge on any atom is -0.312 e. The molecule has 0 saturated carbocycles. The molecule has 4 unspecified atom stereocenters. The number of carbonyl (C=O) groups is 2. The molecule has 2 aliphatic rings. The van der Waals surface area contributed by atoms with Gasteiger partial charge in [0.2, 0.25) is 11.8 Å². The highest BCUT2D eigenvalue weighted by molar-refractivity contribution is 6.12. The minimum atomic E-state index is -0.0862. The molecule has 2 amide bonds. The van der Waals surface area contributed by atoms with Gasteiger partial charge in [0.15, 0.2) is 11.6 Å². The van der Waals surface area contributed by atoms with Gasteiger partial charge in [-0.25, -0.2) is 0 Å². The Labute approximate surface area is 225 Å². The first kappa shape index (κ1) is 26.5. The van der Waals surface area contributed by atoms with Crippen molar-refractivity contribution in [2.75, 3.05) is 22.9 Å². The lowest BCUT2D eigenvalue weighted by molar-refractivity contribution is -0.118. The fourth-order valence-corrected chi connectivity index (χ4v) is 6.37. The van der Waals surface area contributed by atoms with Gasteiger partial charge < -0.3 is 10.6 Å². The summed E-state index contributed by atoms with van der Waals surface area (Å²) in [6, 6.07) is 12.6. The molecule has 38 heavy (non-hydrogen) atoms. The van der Waals surface area contributed by atoms with Crippen LogP contribution in [-0.2, 0) is 9.59 Å². The van der Waals surface area contributed by atoms with Crippen LogP contribution in [0.25, 0.3) is 21.5 Å². The Morgan fingerprint density at radius 1 is 0.763 bits per heavy atom. The van der Waals surface area contributed by atoms with Crippen molar-refractivity contribution in [3.63, 3.8) is 0 Å².